The Morgan fingerprint density at radius 3 is 2.47 bits per heavy atom. The Kier molecular flexibility index (Phi) is 4.18. The Balaban J connectivity index is 2.00. The van der Waals surface area contributed by atoms with Gasteiger partial charge in [-0.2, -0.15) is 0 Å². The van der Waals surface area contributed by atoms with Crippen molar-refractivity contribution >= 4 is 29.0 Å². The van der Waals surface area contributed by atoms with Gasteiger partial charge < -0.3 is 5.32 Å². The summed E-state index contributed by atoms with van der Waals surface area (Å²) in [6, 6.07) is 8.07. The van der Waals surface area contributed by atoms with Gasteiger partial charge in [-0.3, -0.25) is 0 Å². The maximum absolute atomic E-state index is 5.93. The van der Waals surface area contributed by atoms with Gasteiger partial charge in [0, 0.05) is 12.4 Å². The van der Waals surface area contributed by atoms with Crippen molar-refractivity contribution in [2.24, 2.45) is 0 Å². The second-order valence-electron chi connectivity index (χ2n) is 3.52. The van der Waals surface area contributed by atoms with E-state index in [1.54, 1.807) is 6.20 Å². The predicted octanol–water partition coefficient (Wildman–Crippen LogP) is 3.48. The summed E-state index contributed by atoms with van der Waals surface area (Å²) in [5, 5.41) is 3.67. The van der Waals surface area contributed by atoms with Crippen LogP contribution in [0.4, 0.5) is 5.82 Å². The second-order valence-corrected chi connectivity index (χ2v) is 4.20. The highest BCUT2D eigenvalue weighted by Gasteiger charge is 2.00. The van der Waals surface area contributed by atoms with E-state index in [1.165, 1.54) is 6.33 Å². The quantitative estimate of drug-likeness (QED) is 0.862. The first-order valence-electron chi connectivity index (χ1n) is 5.13. The Morgan fingerprint density at radius 1 is 1.12 bits per heavy atom. The summed E-state index contributed by atoms with van der Waals surface area (Å²) < 4.78 is 0. The molecule has 2 rings (SSSR count). The summed E-state index contributed by atoms with van der Waals surface area (Å²) in [6.45, 7) is 0.666. The fourth-order valence-electron chi connectivity index (χ4n) is 1.37. The summed E-state index contributed by atoms with van der Waals surface area (Å²) in [7, 11) is 0. The Labute approximate surface area is 110 Å². The van der Waals surface area contributed by atoms with Gasteiger partial charge in [-0.15, -0.1) is 11.6 Å². The van der Waals surface area contributed by atoms with Crippen LogP contribution in [0.1, 0.15) is 11.1 Å². The molecule has 2 aromatic rings. The average Bonchev–Trinajstić information content (AvgIpc) is 2.38. The number of anilines is 1. The number of rotatable bonds is 4. The summed E-state index contributed by atoms with van der Waals surface area (Å²) in [6.07, 6.45) is 3.03. The van der Waals surface area contributed by atoms with Crippen molar-refractivity contribution in [1.82, 2.24) is 9.97 Å². The van der Waals surface area contributed by atoms with Crippen LogP contribution in [0.25, 0.3) is 0 Å². The van der Waals surface area contributed by atoms with Gasteiger partial charge in [0.05, 0.1) is 6.20 Å². The standard InChI is InChI=1S/C12H11Cl2N3/c13-5-9-1-3-10(4-2-9)6-16-12-11(14)7-15-8-17-12/h1-4,7-8H,5-6H2,(H,15,16,17). The number of alkyl halides is 1. The van der Waals surface area contributed by atoms with E-state index in [9.17, 15) is 0 Å². The molecule has 0 bridgehead atoms. The Morgan fingerprint density at radius 2 is 1.82 bits per heavy atom. The molecule has 0 radical (unpaired) electrons. The molecule has 1 aromatic carbocycles. The van der Waals surface area contributed by atoms with Crippen LogP contribution in [0.2, 0.25) is 5.02 Å². The molecule has 0 aliphatic carbocycles. The lowest BCUT2D eigenvalue weighted by Crippen LogP contribution is -2.02. The van der Waals surface area contributed by atoms with Crippen LogP contribution in [0, 0.1) is 0 Å². The summed E-state index contributed by atoms with van der Waals surface area (Å²) in [5.74, 6) is 1.17. The fourth-order valence-corrected chi connectivity index (χ4v) is 1.72. The van der Waals surface area contributed by atoms with Crippen molar-refractivity contribution in [3.63, 3.8) is 0 Å². The van der Waals surface area contributed by atoms with E-state index in [0.717, 1.165) is 11.1 Å². The van der Waals surface area contributed by atoms with Crippen molar-refractivity contribution in [2.45, 2.75) is 12.4 Å². The molecule has 0 amide bonds. The molecule has 0 atom stereocenters. The average molecular weight is 268 g/mol. The topological polar surface area (TPSA) is 37.8 Å². The highest BCUT2D eigenvalue weighted by atomic mass is 35.5. The number of nitrogens with one attached hydrogen (secondary N) is 1. The fraction of sp³-hybridized carbons (Fsp3) is 0.167. The van der Waals surface area contributed by atoms with E-state index in [1.807, 2.05) is 24.3 Å². The molecule has 3 nitrogen and oxygen atoms in total. The number of aromatic nitrogens is 2. The first-order chi connectivity index (χ1) is 8.29. The Hall–Kier alpha value is -1.32. The van der Waals surface area contributed by atoms with Gasteiger partial charge in [0.25, 0.3) is 0 Å². The summed E-state index contributed by atoms with van der Waals surface area (Å²) in [4.78, 5) is 7.88. The zero-order chi connectivity index (χ0) is 12.1. The number of nitrogens with zero attached hydrogens (tertiary/aromatic N) is 2. The molecule has 1 aromatic heterocycles. The smallest absolute Gasteiger partial charge is 0.148 e. The zero-order valence-electron chi connectivity index (χ0n) is 9.03. The predicted molar refractivity (Wildman–Crippen MR) is 70.4 cm³/mol. The van der Waals surface area contributed by atoms with E-state index in [-0.39, 0.29) is 0 Å². The third kappa shape index (κ3) is 3.32. The first kappa shape index (κ1) is 12.1. The normalized spacial score (nSPS) is 10.2. The lowest BCUT2D eigenvalue weighted by Gasteiger charge is -2.07. The van der Waals surface area contributed by atoms with Gasteiger partial charge in [-0.1, -0.05) is 35.9 Å². The molecule has 0 unspecified atom stereocenters. The van der Waals surface area contributed by atoms with Crippen LogP contribution in [0.3, 0.4) is 0 Å². The minimum Gasteiger partial charge on any atom is -0.365 e. The van der Waals surface area contributed by atoms with E-state index >= 15 is 0 Å². The number of hydrogen-bond acceptors (Lipinski definition) is 3. The third-order valence-corrected chi connectivity index (χ3v) is 2.89. The molecule has 0 fully saturated rings. The van der Waals surface area contributed by atoms with Crippen molar-refractivity contribution < 1.29 is 0 Å². The first-order valence-corrected chi connectivity index (χ1v) is 6.04. The van der Waals surface area contributed by atoms with Gasteiger partial charge in [-0.05, 0) is 11.1 Å². The number of benzene rings is 1. The van der Waals surface area contributed by atoms with Crippen molar-refractivity contribution in [3.05, 3.63) is 52.9 Å². The van der Waals surface area contributed by atoms with Crippen molar-refractivity contribution in [1.29, 1.82) is 0 Å². The molecule has 17 heavy (non-hydrogen) atoms. The molecule has 88 valence electrons. The number of hydrogen-bond donors (Lipinski definition) is 1. The molecule has 0 saturated heterocycles. The van der Waals surface area contributed by atoms with E-state index in [4.69, 9.17) is 23.2 Å². The lowest BCUT2D eigenvalue weighted by atomic mass is 10.1. The summed E-state index contributed by atoms with van der Waals surface area (Å²) in [5.41, 5.74) is 2.25. The van der Waals surface area contributed by atoms with Gasteiger partial charge in [0.1, 0.15) is 17.2 Å². The highest BCUT2D eigenvalue weighted by Crippen LogP contribution is 2.17. The SMILES string of the molecule is ClCc1ccc(CNc2ncncc2Cl)cc1. The van der Waals surface area contributed by atoms with Crippen LogP contribution in [0.15, 0.2) is 36.8 Å². The minimum atomic E-state index is 0.518. The molecule has 5 heteroatoms. The van der Waals surface area contributed by atoms with Gasteiger partial charge in [0.15, 0.2) is 0 Å². The van der Waals surface area contributed by atoms with Crippen molar-refractivity contribution in [2.75, 3.05) is 5.32 Å². The molecule has 0 spiro atoms. The second kappa shape index (κ2) is 5.84. The maximum Gasteiger partial charge on any atom is 0.148 e. The van der Waals surface area contributed by atoms with Crippen LogP contribution in [-0.2, 0) is 12.4 Å². The minimum absolute atomic E-state index is 0.518. The largest absolute Gasteiger partial charge is 0.365 e. The van der Waals surface area contributed by atoms with Crippen LogP contribution in [0.5, 0.6) is 0 Å². The van der Waals surface area contributed by atoms with Gasteiger partial charge >= 0.3 is 0 Å². The number of halogens is 2. The molecule has 0 aliphatic rings. The van der Waals surface area contributed by atoms with E-state index < -0.39 is 0 Å². The molecule has 0 saturated carbocycles. The van der Waals surface area contributed by atoms with Crippen molar-refractivity contribution in [3.8, 4) is 0 Å². The van der Waals surface area contributed by atoms with Crippen LogP contribution < -0.4 is 5.32 Å². The van der Waals surface area contributed by atoms with Gasteiger partial charge in [0.2, 0.25) is 0 Å². The van der Waals surface area contributed by atoms with Crippen LogP contribution >= 0.6 is 23.2 Å². The van der Waals surface area contributed by atoms with Gasteiger partial charge in [-0.25, -0.2) is 9.97 Å². The molecular formula is C12H11Cl2N3. The lowest BCUT2D eigenvalue weighted by molar-refractivity contribution is 1.08. The van der Waals surface area contributed by atoms with E-state index in [0.29, 0.717) is 23.3 Å². The molecule has 1 N–H and O–H groups in total. The monoisotopic (exact) mass is 267 g/mol. The molecule has 0 aliphatic heterocycles. The highest BCUT2D eigenvalue weighted by molar-refractivity contribution is 6.32. The zero-order valence-corrected chi connectivity index (χ0v) is 10.5. The summed E-state index contributed by atoms with van der Waals surface area (Å²) >= 11 is 11.7. The van der Waals surface area contributed by atoms with E-state index in [2.05, 4.69) is 15.3 Å². The Bertz CT molecular complexity index is 485. The third-order valence-electron chi connectivity index (χ3n) is 2.30. The maximum atomic E-state index is 5.93. The van der Waals surface area contributed by atoms with Crippen LogP contribution in [-0.4, -0.2) is 9.97 Å². The molecular weight excluding hydrogens is 257 g/mol. The molecule has 1 heterocycles.